The van der Waals surface area contributed by atoms with Crippen LogP contribution in [-0.2, 0) is 6.54 Å². The average Bonchev–Trinajstić information content (AvgIpc) is 2.72. The summed E-state index contributed by atoms with van der Waals surface area (Å²) in [4.78, 5) is 5.58. The SMILES string of the molecule is Cc1csc(Sc2ccc(CNC(C)(C)C)c(Cl)c2)n1. The lowest BCUT2D eigenvalue weighted by molar-refractivity contribution is 0.424. The van der Waals surface area contributed by atoms with Gasteiger partial charge in [0.15, 0.2) is 4.34 Å². The summed E-state index contributed by atoms with van der Waals surface area (Å²) in [5, 5.41) is 6.32. The lowest BCUT2D eigenvalue weighted by Gasteiger charge is -2.21. The van der Waals surface area contributed by atoms with Crippen molar-refractivity contribution in [3.63, 3.8) is 0 Å². The molecule has 108 valence electrons. The van der Waals surface area contributed by atoms with Gasteiger partial charge in [0, 0.05) is 33.1 Å². The fourth-order valence-corrected chi connectivity index (χ4v) is 3.74. The van der Waals surface area contributed by atoms with E-state index in [0.29, 0.717) is 0 Å². The van der Waals surface area contributed by atoms with Gasteiger partial charge in [0.25, 0.3) is 0 Å². The van der Waals surface area contributed by atoms with E-state index in [2.05, 4.69) is 48.6 Å². The highest BCUT2D eigenvalue weighted by molar-refractivity contribution is 8.01. The van der Waals surface area contributed by atoms with E-state index in [-0.39, 0.29) is 5.54 Å². The molecule has 0 saturated heterocycles. The molecule has 0 amide bonds. The molecule has 20 heavy (non-hydrogen) atoms. The highest BCUT2D eigenvalue weighted by atomic mass is 35.5. The van der Waals surface area contributed by atoms with Crippen LogP contribution in [0.2, 0.25) is 5.02 Å². The van der Waals surface area contributed by atoms with Gasteiger partial charge in [-0.2, -0.15) is 0 Å². The van der Waals surface area contributed by atoms with Crippen LogP contribution in [0.1, 0.15) is 32.0 Å². The summed E-state index contributed by atoms with van der Waals surface area (Å²) >= 11 is 9.68. The number of aryl methyl sites for hydroxylation is 1. The molecule has 0 aliphatic rings. The van der Waals surface area contributed by atoms with Crippen LogP contribution in [0.3, 0.4) is 0 Å². The summed E-state index contributed by atoms with van der Waals surface area (Å²) in [7, 11) is 0. The number of benzene rings is 1. The molecule has 2 rings (SSSR count). The van der Waals surface area contributed by atoms with Gasteiger partial charge in [-0.05, 0) is 45.4 Å². The Morgan fingerprint density at radius 3 is 2.65 bits per heavy atom. The maximum absolute atomic E-state index is 6.36. The van der Waals surface area contributed by atoms with Crippen LogP contribution >= 0.6 is 34.7 Å². The summed E-state index contributed by atoms with van der Waals surface area (Å²) in [5.41, 5.74) is 2.28. The summed E-state index contributed by atoms with van der Waals surface area (Å²) in [6.45, 7) is 9.24. The van der Waals surface area contributed by atoms with Crippen molar-refractivity contribution in [2.45, 2.75) is 49.0 Å². The first kappa shape index (κ1) is 15.8. The van der Waals surface area contributed by atoms with Crippen LogP contribution in [-0.4, -0.2) is 10.5 Å². The van der Waals surface area contributed by atoms with Crippen molar-refractivity contribution < 1.29 is 0 Å². The molecule has 0 spiro atoms. The van der Waals surface area contributed by atoms with Gasteiger partial charge in [-0.1, -0.05) is 29.4 Å². The Morgan fingerprint density at radius 1 is 1.35 bits per heavy atom. The van der Waals surface area contributed by atoms with E-state index in [1.165, 1.54) is 0 Å². The fraction of sp³-hybridized carbons (Fsp3) is 0.400. The van der Waals surface area contributed by atoms with Gasteiger partial charge in [-0.15, -0.1) is 11.3 Å². The monoisotopic (exact) mass is 326 g/mol. The number of rotatable bonds is 4. The van der Waals surface area contributed by atoms with Crippen molar-refractivity contribution >= 4 is 34.7 Å². The van der Waals surface area contributed by atoms with Crippen LogP contribution in [0.15, 0.2) is 32.8 Å². The third-order valence-corrected chi connectivity index (χ3v) is 5.03. The second-order valence-electron chi connectivity index (χ2n) is 5.71. The predicted octanol–water partition coefficient (Wildman–Crippen LogP) is 5.14. The average molecular weight is 327 g/mol. The van der Waals surface area contributed by atoms with E-state index in [0.717, 1.165) is 32.1 Å². The van der Waals surface area contributed by atoms with E-state index < -0.39 is 0 Å². The van der Waals surface area contributed by atoms with Crippen molar-refractivity contribution in [2.24, 2.45) is 0 Å². The Labute approximate surface area is 134 Å². The second-order valence-corrected chi connectivity index (χ2v) is 8.30. The first-order valence-corrected chi connectivity index (χ1v) is 8.54. The number of aromatic nitrogens is 1. The maximum atomic E-state index is 6.36. The minimum absolute atomic E-state index is 0.0924. The van der Waals surface area contributed by atoms with Gasteiger partial charge in [-0.25, -0.2) is 4.98 Å². The lowest BCUT2D eigenvalue weighted by Crippen LogP contribution is -2.35. The lowest BCUT2D eigenvalue weighted by atomic mass is 10.1. The van der Waals surface area contributed by atoms with Gasteiger partial charge in [-0.3, -0.25) is 0 Å². The molecule has 2 aromatic rings. The van der Waals surface area contributed by atoms with E-state index in [1.807, 2.05) is 13.0 Å². The van der Waals surface area contributed by atoms with Crippen LogP contribution in [0.5, 0.6) is 0 Å². The molecule has 0 aliphatic carbocycles. The Kier molecular flexibility index (Phi) is 5.13. The normalized spacial score (nSPS) is 11.8. The fourth-order valence-electron chi connectivity index (χ4n) is 1.58. The summed E-state index contributed by atoms with van der Waals surface area (Å²) < 4.78 is 1.05. The Balaban J connectivity index is 2.05. The zero-order valence-electron chi connectivity index (χ0n) is 12.2. The van der Waals surface area contributed by atoms with Gasteiger partial charge in [0.05, 0.1) is 0 Å². The molecule has 2 nitrogen and oxygen atoms in total. The van der Waals surface area contributed by atoms with Gasteiger partial charge in [0.2, 0.25) is 0 Å². The number of nitrogens with one attached hydrogen (secondary N) is 1. The largest absolute Gasteiger partial charge is 0.308 e. The van der Waals surface area contributed by atoms with Crippen molar-refractivity contribution in [1.29, 1.82) is 0 Å². The third kappa shape index (κ3) is 4.77. The highest BCUT2D eigenvalue weighted by Gasteiger charge is 2.11. The quantitative estimate of drug-likeness (QED) is 0.841. The second kappa shape index (κ2) is 6.48. The number of halogens is 1. The molecule has 1 N–H and O–H groups in total. The molecule has 0 radical (unpaired) electrons. The zero-order chi connectivity index (χ0) is 14.8. The summed E-state index contributed by atoms with van der Waals surface area (Å²) in [5.74, 6) is 0. The van der Waals surface area contributed by atoms with Crippen molar-refractivity contribution in [2.75, 3.05) is 0 Å². The summed E-state index contributed by atoms with van der Waals surface area (Å²) in [6.07, 6.45) is 0. The molecule has 0 saturated carbocycles. The summed E-state index contributed by atoms with van der Waals surface area (Å²) in [6, 6.07) is 6.21. The van der Waals surface area contributed by atoms with Crippen LogP contribution in [0.4, 0.5) is 0 Å². The molecule has 0 bridgehead atoms. The Bertz CT molecular complexity index is 588. The molecule has 5 heteroatoms. The molecular weight excluding hydrogens is 308 g/mol. The van der Waals surface area contributed by atoms with Gasteiger partial charge in [0.1, 0.15) is 0 Å². The van der Waals surface area contributed by atoms with E-state index in [9.17, 15) is 0 Å². The molecule has 0 unspecified atom stereocenters. The molecule has 1 aromatic heterocycles. The molecule has 0 fully saturated rings. The highest BCUT2D eigenvalue weighted by Crippen LogP contribution is 2.32. The molecule has 0 atom stereocenters. The van der Waals surface area contributed by atoms with Crippen molar-refractivity contribution in [1.82, 2.24) is 10.3 Å². The minimum Gasteiger partial charge on any atom is -0.308 e. The molecule has 1 aromatic carbocycles. The Hall–Kier alpha value is -0.550. The van der Waals surface area contributed by atoms with Gasteiger partial charge >= 0.3 is 0 Å². The Morgan fingerprint density at radius 2 is 2.10 bits per heavy atom. The van der Waals surface area contributed by atoms with E-state index in [4.69, 9.17) is 11.6 Å². The number of hydrogen-bond donors (Lipinski definition) is 1. The number of thiazole rings is 1. The van der Waals surface area contributed by atoms with Crippen LogP contribution < -0.4 is 5.32 Å². The third-order valence-electron chi connectivity index (χ3n) is 2.64. The van der Waals surface area contributed by atoms with Crippen molar-refractivity contribution in [3.8, 4) is 0 Å². The molecular formula is C15H19ClN2S2. The zero-order valence-corrected chi connectivity index (χ0v) is 14.5. The smallest absolute Gasteiger partial charge is 0.154 e. The van der Waals surface area contributed by atoms with E-state index >= 15 is 0 Å². The minimum atomic E-state index is 0.0924. The van der Waals surface area contributed by atoms with Crippen LogP contribution in [0, 0.1) is 6.92 Å². The standard InChI is InChI=1S/C15H19ClN2S2/c1-10-9-19-14(18-10)20-12-6-5-11(13(16)7-12)8-17-15(2,3)4/h5-7,9,17H,8H2,1-4H3. The van der Waals surface area contributed by atoms with Crippen LogP contribution in [0.25, 0.3) is 0 Å². The first-order chi connectivity index (χ1) is 9.33. The van der Waals surface area contributed by atoms with E-state index in [1.54, 1.807) is 23.1 Å². The number of hydrogen-bond acceptors (Lipinski definition) is 4. The molecule has 1 heterocycles. The first-order valence-electron chi connectivity index (χ1n) is 6.47. The van der Waals surface area contributed by atoms with Gasteiger partial charge < -0.3 is 5.32 Å². The predicted molar refractivity (Wildman–Crippen MR) is 89.0 cm³/mol. The maximum Gasteiger partial charge on any atom is 0.154 e. The topological polar surface area (TPSA) is 24.9 Å². The number of nitrogens with zero attached hydrogens (tertiary/aromatic N) is 1. The van der Waals surface area contributed by atoms with Crippen molar-refractivity contribution in [3.05, 3.63) is 39.9 Å². The molecule has 0 aliphatic heterocycles.